The fourth-order valence-electron chi connectivity index (χ4n) is 1.50. The summed E-state index contributed by atoms with van der Waals surface area (Å²) < 4.78 is 0. The van der Waals surface area contributed by atoms with Gasteiger partial charge in [-0.15, -0.1) is 0 Å². The van der Waals surface area contributed by atoms with Crippen molar-refractivity contribution in [2.24, 2.45) is 11.8 Å². The molecule has 0 aliphatic rings. The lowest BCUT2D eigenvalue weighted by Gasteiger charge is -2.17. The van der Waals surface area contributed by atoms with E-state index in [9.17, 15) is 9.90 Å². The third-order valence-corrected chi connectivity index (χ3v) is 3.20. The van der Waals surface area contributed by atoms with Crippen LogP contribution in [0, 0.1) is 11.8 Å². The Hall–Kier alpha value is -1.55. The molecule has 1 aromatic rings. The second kappa shape index (κ2) is 6.40. The Morgan fingerprint density at radius 3 is 2.33 bits per heavy atom. The van der Waals surface area contributed by atoms with E-state index < -0.39 is 6.10 Å². The van der Waals surface area contributed by atoms with Gasteiger partial charge >= 0.3 is 0 Å². The van der Waals surface area contributed by atoms with Gasteiger partial charge < -0.3 is 16.2 Å². The molecule has 0 saturated heterocycles. The maximum absolute atomic E-state index is 11.7. The van der Waals surface area contributed by atoms with E-state index in [1.54, 1.807) is 24.3 Å². The molecule has 2 atom stereocenters. The molecule has 1 aromatic carbocycles. The summed E-state index contributed by atoms with van der Waals surface area (Å²) in [7, 11) is 0. The molecule has 0 fully saturated rings. The lowest BCUT2D eigenvalue weighted by Crippen LogP contribution is -2.34. The van der Waals surface area contributed by atoms with Crippen molar-refractivity contribution >= 4 is 11.6 Å². The number of amides is 1. The van der Waals surface area contributed by atoms with Crippen LogP contribution >= 0.6 is 0 Å². The molecule has 18 heavy (non-hydrogen) atoms. The van der Waals surface area contributed by atoms with E-state index in [1.165, 1.54) is 0 Å². The molecule has 4 nitrogen and oxygen atoms in total. The summed E-state index contributed by atoms with van der Waals surface area (Å²) in [6, 6.07) is 6.99. The van der Waals surface area contributed by atoms with E-state index in [2.05, 4.69) is 5.32 Å². The maximum Gasteiger partial charge on any atom is 0.223 e. The van der Waals surface area contributed by atoms with Crippen molar-refractivity contribution in [3.05, 3.63) is 29.8 Å². The Labute approximate surface area is 108 Å². The Balaban J connectivity index is 2.48. The number of nitrogens with two attached hydrogens (primary N) is 1. The molecule has 0 spiro atoms. The van der Waals surface area contributed by atoms with Crippen molar-refractivity contribution in [3.8, 4) is 0 Å². The van der Waals surface area contributed by atoms with Crippen LogP contribution in [0.3, 0.4) is 0 Å². The summed E-state index contributed by atoms with van der Waals surface area (Å²) in [5.74, 6) is 0.210. The molecule has 0 saturated carbocycles. The molecule has 1 amide bonds. The number of aliphatic hydroxyl groups excluding tert-OH is 1. The summed E-state index contributed by atoms with van der Waals surface area (Å²) in [4.78, 5) is 11.7. The summed E-state index contributed by atoms with van der Waals surface area (Å²) >= 11 is 0. The highest BCUT2D eigenvalue weighted by Gasteiger charge is 2.17. The SMILES string of the molecule is CC(C)C(C)C(=O)NCC(O)c1ccc(N)cc1. The third-order valence-electron chi connectivity index (χ3n) is 3.20. The summed E-state index contributed by atoms with van der Waals surface area (Å²) in [5.41, 5.74) is 6.98. The normalized spacial score (nSPS) is 14.3. The predicted octanol–water partition coefficient (Wildman–Crippen LogP) is 1.71. The lowest BCUT2D eigenvalue weighted by atomic mass is 9.97. The van der Waals surface area contributed by atoms with Crippen molar-refractivity contribution < 1.29 is 9.90 Å². The highest BCUT2D eigenvalue weighted by Crippen LogP contribution is 2.15. The number of carbonyl (C=O) groups is 1. The average Bonchev–Trinajstić information content (AvgIpc) is 2.35. The molecular weight excluding hydrogens is 228 g/mol. The van der Waals surface area contributed by atoms with Gasteiger partial charge in [0.05, 0.1) is 6.10 Å². The van der Waals surface area contributed by atoms with Crippen LogP contribution in [0.25, 0.3) is 0 Å². The molecule has 0 aliphatic heterocycles. The van der Waals surface area contributed by atoms with Crippen LogP contribution < -0.4 is 11.1 Å². The van der Waals surface area contributed by atoms with Crippen molar-refractivity contribution in [2.45, 2.75) is 26.9 Å². The fraction of sp³-hybridized carbons (Fsp3) is 0.500. The maximum atomic E-state index is 11.7. The van der Waals surface area contributed by atoms with Crippen LogP contribution in [-0.2, 0) is 4.79 Å². The van der Waals surface area contributed by atoms with Crippen LogP contribution in [0.5, 0.6) is 0 Å². The molecule has 0 aliphatic carbocycles. The van der Waals surface area contributed by atoms with Gasteiger partial charge in [-0.1, -0.05) is 32.9 Å². The van der Waals surface area contributed by atoms with E-state index >= 15 is 0 Å². The number of aliphatic hydroxyl groups is 1. The molecule has 1 rings (SSSR count). The zero-order chi connectivity index (χ0) is 13.7. The molecule has 0 heterocycles. The Bertz CT molecular complexity index is 387. The van der Waals surface area contributed by atoms with E-state index in [-0.39, 0.29) is 18.4 Å². The predicted molar refractivity (Wildman–Crippen MR) is 72.8 cm³/mol. The number of hydrogen-bond donors (Lipinski definition) is 3. The minimum atomic E-state index is -0.700. The molecule has 4 heteroatoms. The molecule has 0 bridgehead atoms. The van der Waals surface area contributed by atoms with Gasteiger partial charge in [0.2, 0.25) is 5.91 Å². The van der Waals surface area contributed by atoms with Gasteiger partial charge in [-0.3, -0.25) is 4.79 Å². The highest BCUT2D eigenvalue weighted by atomic mass is 16.3. The molecule has 0 aromatic heterocycles. The molecule has 2 unspecified atom stereocenters. The van der Waals surface area contributed by atoms with E-state index in [0.717, 1.165) is 5.56 Å². The number of nitrogen functional groups attached to an aromatic ring is 1. The van der Waals surface area contributed by atoms with Gasteiger partial charge in [0.15, 0.2) is 0 Å². The van der Waals surface area contributed by atoms with E-state index in [1.807, 2.05) is 20.8 Å². The largest absolute Gasteiger partial charge is 0.399 e. The van der Waals surface area contributed by atoms with Gasteiger partial charge in [-0.25, -0.2) is 0 Å². The highest BCUT2D eigenvalue weighted by molar-refractivity contribution is 5.78. The smallest absolute Gasteiger partial charge is 0.223 e. The zero-order valence-electron chi connectivity index (χ0n) is 11.2. The number of anilines is 1. The lowest BCUT2D eigenvalue weighted by molar-refractivity contribution is -0.126. The second-order valence-corrected chi connectivity index (χ2v) is 4.96. The monoisotopic (exact) mass is 250 g/mol. The first kappa shape index (κ1) is 14.5. The van der Waals surface area contributed by atoms with Crippen LogP contribution in [0.4, 0.5) is 5.69 Å². The molecule has 0 radical (unpaired) electrons. The second-order valence-electron chi connectivity index (χ2n) is 4.96. The summed E-state index contributed by atoms with van der Waals surface area (Å²) in [6.07, 6.45) is -0.700. The standard InChI is InChI=1S/C14H22N2O2/c1-9(2)10(3)14(18)16-8-13(17)11-4-6-12(15)7-5-11/h4-7,9-10,13,17H,8,15H2,1-3H3,(H,16,18). The van der Waals surface area contributed by atoms with E-state index in [0.29, 0.717) is 11.6 Å². The number of benzene rings is 1. The average molecular weight is 250 g/mol. The number of rotatable bonds is 5. The Morgan fingerprint density at radius 2 is 1.83 bits per heavy atom. The van der Waals surface area contributed by atoms with Crippen LogP contribution in [0.1, 0.15) is 32.4 Å². The molecular formula is C14H22N2O2. The van der Waals surface area contributed by atoms with Crippen LogP contribution in [0.15, 0.2) is 24.3 Å². The first-order valence-corrected chi connectivity index (χ1v) is 6.23. The van der Waals surface area contributed by atoms with Crippen LogP contribution in [-0.4, -0.2) is 17.6 Å². The van der Waals surface area contributed by atoms with Gasteiger partial charge in [0.25, 0.3) is 0 Å². The first-order valence-electron chi connectivity index (χ1n) is 6.23. The van der Waals surface area contributed by atoms with Gasteiger partial charge in [0.1, 0.15) is 0 Å². The summed E-state index contributed by atoms with van der Waals surface area (Å²) in [6.45, 7) is 6.11. The van der Waals surface area contributed by atoms with Gasteiger partial charge in [-0.05, 0) is 23.6 Å². The van der Waals surface area contributed by atoms with Gasteiger partial charge in [-0.2, -0.15) is 0 Å². The number of hydrogen-bond acceptors (Lipinski definition) is 3. The minimum Gasteiger partial charge on any atom is -0.399 e. The third kappa shape index (κ3) is 4.04. The first-order chi connectivity index (χ1) is 8.41. The van der Waals surface area contributed by atoms with Crippen LogP contribution in [0.2, 0.25) is 0 Å². The number of nitrogens with one attached hydrogen (secondary N) is 1. The van der Waals surface area contributed by atoms with Crippen molar-refractivity contribution in [1.82, 2.24) is 5.32 Å². The van der Waals surface area contributed by atoms with Crippen molar-refractivity contribution in [3.63, 3.8) is 0 Å². The Morgan fingerprint density at radius 1 is 1.28 bits per heavy atom. The molecule has 100 valence electrons. The quantitative estimate of drug-likeness (QED) is 0.696. The zero-order valence-corrected chi connectivity index (χ0v) is 11.2. The minimum absolute atomic E-state index is 0.0282. The fourth-order valence-corrected chi connectivity index (χ4v) is 1.50. The van der Waals surface area contributed by atoms with E-state index in [4.69, 9.17) is 5.73 Å². The van der Waals surface area contributed by atoms with Crippen molar-refractivity contribution in [1.29, 1.82) is 0 Å². The topological polar surface area (TPSA) is 75.3 Å². The van der Waals surface area contributed by atoms with Gasteiger partial charge in [0, 0.05) is 18.2 Å². The Kier molecular flexibility index (Phi) is 5.16. The van der Waals surface area contributed by atoms with Crippen molar-refractivity contribution in [2.75, 3.05) is 12.3 Å². The molecule has 4 N–H and O–H groups in total. The number of carbonyl (C=O) groups excluding carboxylic acids is 1. The summed E-state index contributed by atoms with van der Waals surface area (Å²) in [5, 5.41) is 12.7.